The number of imidazole rings is 1. The first-order valence-electron chi connectivity index (χ1n) is 5.98. The number of fused-ring (bicyclic) bond motifs is 1. The van der Waals surface area contributed by atoms with Gasteiger partial charge in [-0.2, -0.15) is 0 Å². The summed E-state index contributed by atoms with van der Waals surface area (Å²) >= 11 is 12.9. The molecule has 2 heterocycles. The van der Waals surface area contributed by atoms with E-state index in [0.717, 1.165) is 31.6 Å². The summed E-state index contributed by atoms with van der Waals surface area (Å²) in [7, 11) is 0. The zero-order chi connectivity index (χ0) is 14.3. The Kier molecular flexibility index (Phi) is 3.84. The average molecular weight is 416 g/mol. The Labute approximate surface area is 138 Å². The number of aromatic nitrogens is 3. The Hall–Kier alpha value is -0.910. The van der Waals surface area contributed by atoms with Crippen molar-refractivity contribution in [3.8, 4) is 0 Å². The molecule has 1 aromatic carbocycles. The molecule has 0 unspecified atom stereocenters. The molecule has 0 spiro atoms. The Bertz CT molecular complexity index is 798. The molecule has 0 aliphatic carbocycles. The Morgan fingerprint density at radius 2 is 1.95 bits per heavy atom. The molecule has 0 atom stereocenters. The predicted molar refractivity (Wildman–Crippen MR) is 88.2 cm³/mol. The van der Waals surface area contributed by atoms with Gasteiger partial charge in [-0.05, 0) is 52.7 Å². The molecule has 0 saturated carbocycles. The lowest BCUT2D eigenvalue weighted by Crippen LogP contribution is -2.03. The van der Waals surface area contributed by atoms with Crippen LogP contribution < -0.4 is 0 Å². The molecule has 0 aliphatic rings. The van der Waals surface area contributed by atoms with Gasteiger partial charge in [0.2, 0.25) is 0 Å². The number of benzene rings is 1. The second-order valence-electron chi connectivity index (χ2n) is 4.46. The number of aryl methyl sites for hydroxylation is 1. The fourth-order valence-electron chi connectivity index (χ4n) is 2.10. The van der Waals surface area contributed by atoms with E-state index in [4.69, 9.17) is 11.6 Å². The molecule has 0 aliphatic heterocycles. The van der Waals surface area contributed by atoms with Crippen LogP contribution in [0, 0.1) is 6.92 Å². The lowest BCUT2D eigenvalue weighted by Gasteiger charge is -2.09. The summed E-state index contributed by atoms with van der Waals surface area (Å²) in [6, 6.07) is 9.66. The lowest BCUT2D eigenvalue weighted by molar-refractivity contribution is 0.774. The maximum atomic E-state index is 5.98. The number of rotatable bonds is 2. The summed E-state index contributed by atoms with van der Waals surface area (Å²) in [6.07, 6.45) is 0. The van der Waals surface area contributed by atoms with Crippen molar-refractivity contribution in [1.29, 1.82) is 0 Å². The monoisotopic (exact) mass is 413 g/mol. The van der Waals surface area contributed by atoms with E-state index >= 15 is 0 Å². The van der Waals surface area contributed by atoms with Crippen LogP contribution in [0.25, 0.3) is 11.2 Å². The summed E-state index contributed by atoms with van der Waals surface area (Å²) in [5.74, 6) is 0.937. The summed E-state index contributed by atoms with van der Waals surface area (Å²) in [6.45, 7) is 2.68. The highest BCUT2D eigenvalue weighted by atomic mass is 79.9. The molecule has 0 saturated heterocycles. The fourth-order valence-corrected chi connectivity index (χ4v) is 3.21. The number of hydrogen-bond acceptors (Lipinski definition) is 2. The van der Waals surface area contributed by atoms with Crippen molar-refractivity contribution in [3.63, 3.8) is 0 Å². The van der Waals surface area contributed by atoms with Gasteiger partial charge in [-0.1, -0.05) is 33.6 Å². The molecule has 0 fully saturated rings. The molecule has 3 rings (SSSR count). The number of pyridine rings is 1. The second-order valence-corrected chi connectivity index (χ2v) is 6.56. The SMILES string of the molecule is Cc1nc2ccc(Br)nc2n1Cc1ccc(Cl)cc1Br. The third-order valence-corrected chi connectivity index (χ3v) is 4.51. The van der Waals surface area contributed by atoms with Crippen LogP contribution in [0.1, 0.15) is 11.4 Å². The van der Waals surface area contributed by atoms with Crippen molar-refractivity contribution >= 4 is 54.6 Å². The summed E-state index contributed by atoms with van der Waals surface area (Å²) < 4.78 is 3.89. The van der Waals surface area contributed by atoms with Crippen molar-refractivity contribution in [2.45, 2.75) is 13.5 Å². The van der Waals surface area contributed by atoms with Crippen LogP contribution in [0.3, 0.4) is 0 Å². The molecule has 6 heteroatoms. The van der Waals surface area contributed by atoms with E-state index in [1.54, 1.807) is 0 Å². The molecule has 0 bridgehead atoms. The molecule has 0 N–H and O–H groups in total. The van der Waals surface area contributed by atoms with Crippen molar-refractivity contribution in [2.75, 3.05) is 0 Å². The molecule has 102 valence electrons. The van der Waals surface area contributed by atoms with Gasteiger partial charge in [0.25, 0.3) is 0 Å². The summed E-state index contributed by atoms with van der Waals surface area (Å²) in [4.78, 5) is 9.05. The Morgan fingerprint density at radius 1 is 1.15 bits per heavy atom. The zero-order valence-electron chi connectivity index (χ0n) is 10.6. The first-order valence-corrected chi connectivity index (χ1v) is 7.94. The molecule has 3 aromatic rings. The number of nitrogens with zero attached hydrogens (tertiary/aromatic N) is 3. The van der Waals surface area contributed by atoms with Gasteiger partial charge in [0.05, 0.1) is 6.54 Å². The standard InChI is InChI=1S/C14H10Br2ClN3/c1-8-18-12-4-5-13(16)19-14(12)20(8)7-9-2-3-10(17)6-11(9)15/h2-6H,7H2,1H3. The minimum atomic E-state index is 0.698. The normalized spacial score (nSPS) is 11.2. The van der Waals surface area contributed by atoms with Crippen molar-refractivity contribution < 1.29 is 0 Å². The first kappa shape index (κ1) is 14.0. The lowest BCUT2D eigenvalue weighted by atomic mass is 10.2. The highest BCUT2D eigenvalue weighted by Gasteiger charge is 2.11. The van der Waals surface area contributed by atoms with E-state index in [0.29, 0.717) is 11.6 Å². The summed E-state index contributed by atoms with van der Waals surface area (Å²) in [5.41, 5.74) is 2.91. The van der Waals surface area contributed by atoms with Crippen LogP contribution in [0.15, 0.2) is 39.4 Å². The highest BCUT2D eigenvalue weighted by molar-refractivity contribution is 9.10. The molecule has 2 aromatic heterocycles. The van der Waals surface area contributed by atoms with Crippen molar-refractivity contribution in [1.82, 2.24) is 14.5 Å². The van der Waals surface area contributed by atoms with Crippen LogP contribution in [0.2, 0.25) is 5.02 Å². The molecule has 0 amide bonds. The Morgan fingerprint density at radius 3 is 2.70 bits per heavy atom. The van der Waals surface area contributed by atoms with Gasteiger partial charge in [-0.15, -0.1) is 0 Å². The second kappa shape index (κ2) is 5.47. The maximum absolute atomic E-state index is 5.98. The number of halogens is 3. The van der Waals surface area contributed by atoms with Crippen LogP contribution in [0.5, 0.6) is 0 Å². The van der Waals surface area contributed by atoms with Gasteiger partial charge >= 0.3 is 0 Å². The van der Waals surface area contributed by atoms with Gasteiger partial charge in [0, 0.05) is 9.50 Å². The van der Waals surface area contributed by atoms with E-state index in [9.17, 15) is 0 Å². The quantitative estimate of drug-likeness (QED) is 0.554. The van der Waals surface area contributed by atoms with Crippen LogP contribution in [-0.2, 0) is 6.54 Å². The van der Waals surface area contributed by atoms with Gasteiger partial charge in [-0.25, -0.2) is 9.97 Å². The maximum Gasteiger partial charge on any atom is 0.161 e. The molecule has 20 heavy (non-hydrogen) atoms. The van der Waals surface area contributed by atoms with Gasteiger partial charge in [0.15, 0.2) is 5.65 Å². The number of hydrogen-bond donors (Lipinski definition) is 0. The minimum Gasteiger partial charge on any atom is -0.308 e. The Balaban J connectivity index is 2.10. The first-order chi connectivity index (χ1) is 9.54. The van der Waals surface area contributed by atoms with Crippen molar-refractivity contribution in [3.05, 3.63) is 55.8 Å². The average Bonchev–Trinajstić information content (AvgIpc) is 2.69. The van der Waals surface area contributed by atoms with E-state index < -0.39 is 0 Å². The van der Waals surface area contributed by atoms with E-state index in [2.05, 4.69) is 46.4 Å². The molecular weight excluding hydrogens is 405 g/mol. The third-order valence-electron chi connectivity index (χ3n) is 3.09. The minimum absolute atomic E-state index is 0.698. The smallest absolute Gasteiger partial charge is 0.161 e. The molecule has 0 radical (unpaired) electrons. The van der Waals surface area contributed by atoms with Crippen molar-refractivity contribution in [2.24, 2.45) is 0 Å². The highest BCUT2D eigenvalue weighted by Crippen LogP contribution is 2.24. The summed E-state index contributed by atoms with van der Waals surface area (Å²) in [5, 5.41) is 0.716. The fraction of sp³-hybridized carbons (Fsp3) is 0.143. The van der Waals surface area contributed by atoms with Gasteiger partial charge in [-0.3, -0.25) is 0 Å². The largest absolute Gasteiger partial charge is 0.308 e. The predicted octanol–water partition coefficient (Wildman–Crippen LogP) is 4.97. The van der Waals surface area contributed by atoms with Gasteiger partial charge < -0.3 is 4.57 Å². The van der Waals surface area contributed by atoms with Crippen LogP contribution in [0.4, 0.5) is 0 Å². The van der Waals surface area contributed by atoms with E-state index in [1.165, 1.54) is 0 Å². The van der Waals surface area contributed by atoms with Gasteiger partial charge in [0.1, 0.15) is 15.9 Å². The topological polar surface area (TPSA) is 30.7 Å². The van der Waals surface area contributed by atoms with Crippen LogP contribution in [-0.4, -0.2) is 14.5 Å². The van der Waals surface area contributed by atoms with E-state index in [-0.39, 0.29) is 0 Å². The van der Waals surface area contributed by atoms with Crippen LogP contribution >= 0.6 is 43.5 Å². The molecule has 3 nitrogen and oxygen atoms in total. The molecular formula is C14H10Br2ClN3. The zero-order valence-corrected chi connectivity index (χ0v) is 14.5. The third kappa shape index (κ3) is 2.62. The van der Waals surface area contributed by atoms with E-state index in [1.807, 2.05) is 37.3 Å².